The third-order valence-corrected chi connectivity index (χ3v) is 3.63. The van der Waals surface area contributed by atoms with Crippen molar-refractivity contribution in [3.8, 4) is 0 Å². The van der Waals surface area contributed by atoms with E-state index in [1.165, 1.54) is 0 Å². The van der Waals surface area contributed by atoms with Crippen molar-refractivity contribution in [1.82, 2.24) is 14.9 Å². The Morgan fingerprint density at radius 2 is 1.80 bits per heavy atom. The molecule has 0 aromatic carbocycles. The number of amidine groups is 1. The number of anilines is 1. The van der Waals surface area contributed by atoms with Crippen molar-refractivity contribution in [2.45, 2.75) is 33.2 Å². The molecule has 1 aliphatic heterocycles. The highest BCUT2D eigenvalue weighted by Crippen LogP contribution is 2.18. The van der Waals surface area contributed by atoms with Crippen molar-refractivity contribution in [3.63, 3.8) is 0 Å². The fourth-order valence-corrected chi connectivity index (χ4v) is 2.41. The third kappa shape index (κ3) is 3.25. The zero-order valence-corrected chi connectivity index (χ0v) is 12.8. The van der Waals surface area contributed by atoms with Gasteiger partial charge in [0.15, 0.2) is 0 Å². The minimum absolute atomic E-state index is 0.00919. The second-order valence-corrected chi connectivity index (χ2v) is 6.25. The molecule has 0 radical (unpaired) electrons. The fourth-order valence-electron chi connectivity index (χ4n) is 2.41. The first-order valence-electron chi connectivity index (χ1n) is 6.97. The lowest BCUT2D eigenvalue weighted by molar-refractivity contribution is 0.128. The fraction of sp³-hybridized carbons (Fsp3) is 0.643. The molecule has 0 bridgehead atoms. The lowest BCUT2D eigenvalue weighted by atomic mass is 10.1. The van der Waals surface area contributed by atoms with Crippen LogP contribution >= 0.6 is 0 Å². The molecule has 110 valence electrons. The van der Waals surface area contributed by atoms with E-state index in [2.05, 4.69) is 40.5 Å². The maximum absolute atomic E-state index is 7.52. The zero-order valence-electron chi connectivity index (χ0n) is 12.8. The maximum Gasteiger partial charge on any atom is 0.226 e. The van der Waals surface area contributed by atoms with Gasteiger partial charge in [-0.3, -0.25) is 10.3 Å². The average Bonchev–Trinajstić information content (AvgIpc) is 2.37. The highest BCUT2D eigenvalue weighted by molar-refractivity contribution is 5.93. The number of aryl methyl sites for hydroxylation is 1. The molecule has 6 nitrogen and oxygen atoms in total. The minimum Gasteiger partial charge on any atom is -0.382 e. The normalized spacial score (nSPS) is 17.3. The minimum atomic E-state index is -0.00919. The van der Waals surface area contributed by atoms with E-state index in [0.717, 1.165) is 31.9 Å². The molecule has 0 unspecified atom stereocenters. The van der Waals surface area contributed by atoms with Gasteiger partial charge in [0, 0.05) is 37.4 Å². The Balaban J connectivity index is 2.13. The lowest BCUT2D eigenvalue weighted by Gasteiger charge is -2.42. The molecule has 0 saturated carbocycles. The van der Waals surface area contributed by atoms with E-state index in [0.29, 0.717) is 11.6 Å². The Morgan fingerprint density at radius 3 is 2.30 bits per heavy atom. The number of hydrogen-bond donors (Lipinski definition) is 2. The number of piperazine rings is 1. The number of nitrogens with one attached hydrogen (secondary N) is 1. The number of hydrogen-bond acceptors (Lipinski definition) is 5. The monoisotopic (exact) mass is 276 g/mol. The first-order chi connectivity index (χ1) is 9.27. The Labute approximate surface area is 120 Å². The highest BCUT2D eigenvalue weighted by atomic mass is 15.3. The van der Waals surface area contributed by atoms with Crippen molar-refractivity contribution in [3.05, 3.63) is 17.5 Å². The molecular weight excluding hydrogens is 252 g/mol. The molecule has 0 spiro atoms. The highest BCUT2D eigenvalue weighted by Gasteiger charge is 2.26. The van der Waals surface area contributed by atoms with Crippen LogP contribution in [0.2, 0.25) is 0 Å². The summed E-state index contributed by atoms with van der Waals surface area (Å²) in [5, 5.41) is 7.52. The molecule has 1 fully saturated rings. The van der Waals surface area contributed by atoms with Gasteiger partial charge >= 0.3 is 0 Å². The maximum atomic E-state index is 7.52. The molecule has 1 aromatic rings. The number of aromatic nitrogens is 2. The van der Waals surface area contributed by atoms with Gasteiger partial charge in [-0.1, -0.05) is 0 Å². The third-order valence-electron chi connectivity index (χ3n) is 3.63. The number of nitrogen functional groups attached to an aromatic ring is 1. The van der Waals surface area contributed by atoms with Gasteiger partial charge in [0.05, 0.1) is 0 Å². The van der Waals surface area contributed by atoms with Crippen LogP contribution in [0, 0.1) is 12.3 Å². The Kier molecular flexibility index (Phi) is 3.94. The predicted octanol–water partition coefficient (Wildman–Crippen LogP) is 0.990. The SMILES string of the molecule is Cc1cc(C(=N)N)nc(N2CCN(C(C)(C)C)CC2)n1. The van der Waals surface area contributed by atoms with E-state index in [1.807, 2.05) is 6.92 Å². The topological polar surface area (TPSA) is 82.1 Å². The van der Waals surface area contributed by atoms with Crippen LogP contribution < -0.4 is 10.6 Å². The van der Waals surface area contributed by atoms with Crippen molar-refractivity contribution < 1.29 is 0 Å². The van der Waals surface area contributed by atoms with Gasteiger partial charge in [-0.15, -0.1) is 0 Å². The van der Waals surface area contributed by atoms with Crippen molar-refractivity contribution in [1.29, 1.82) is 5.41 Å². The summed E-state index contributed by atoms with van der Waals surface area (Å²) in [5.74, 6) is 0.675. The summed E-state index contributed by atoms with van der Waals surface area (Å²) < 4.78 is 0. The van der Waals surface area contributed by atoms with E-state index in [4.69, 9.17) is 11.1 Å². The molecule has 0 aliphatic carbocycles. The second kappa shape index (κ2) is 5.36. The molecule has 0 amide bonds. The molecule has 0 atom stereocenters. The Hall–Kier alpha value is -1.69. The first-order valence-corrected chi connectivity index (χ1v) is 6.97. The van der Waals surface area contributed by atoms with Crippen LogP contribution in [0.1, 0.15) is 32.2 Å². The molecule has 2 heterocycles. The van der Waals surface area contributed by atoms with E-state index in [-0.39, 0.29) is 11.4 Å². The van der Waals surface area contributed by atoms with Crippen molar-refractivity contribution >= 4 is 11.8 Å². The average molecular weight is 276 g/mol. The van der Waals surface area contributed by atoms with E-state index >= 15 is 0 Å². The van der Waals surface area contributed by atoms with Crippen LogP contribution in [0.5, 0.6) is 0 Å². The van der Waals surface area contributed by atoms with Gasteiger partial charge in [-0.25, -0.2) is 9.97 Å². The van der Waals surface area contributed by atoms with E-state index in [1.54, 1.807) is 6.07 Å². The molecule has 1 aromatic heterocycles. The molecular formula is C14H24N6. The van der Waals surface area contributed by atoms with Crippen molar-refractivity contribution in [2.75, 3.05) is 31.1 Å². The summed E-state index contributed by atoms with van der Waals surface area (Å²) in [6, 6.07) is 1.75. The van der Waals surface area contributed by atoms with Crippen molar-refractivity contribution in [2.24, 2.45) is 5.73 Å². The molecule has 1 saturated heterocycles. The van der Waals surface area contributed by atoms with Crippen LogP contribution in [0.15, 0.2) is 6.07 Å². The molecule has 3 N–H and O–H groups in total. The van der Waals surface area contributed by atoms with Crippen LogP contribution in [-0.4, -0.2) is 52.4 Å². The van der Waals surface area contributed by atoms with Gasteiger partial charge in [0.1, 0.15) is 11.5 Å². The van der Waals surface area contributed by atoms with Gasteiger partial charge < -0.3 is 10.6 Å². The Morgan fingerprint density at radius 1 is 1.20 bits per heavy atom. The molecule has 6 heteroatoms. The number of nitrogens with two attached hydrogens (primary N) is 1. The van der Waals surface area contributed by atoms with E-state index < -0.39 is 0 Å². The van der Waals surface area contributed by atoms with Crippen LogP contribution in [0.25, 0.3) is 0 Å². The first kappa shape index (κ1) is 14.7. The summed E-state index contributed by atoms with van der Waals surface area (Å²) >= 11 is 0. The molecule has 1 aliphatic rings. The molecule has 2 rings (SSSR count). The van der Waals surface area contributed by atoms with Gasteiger partial charge in [-0.2, -0.15) is 0 Å². The smallest absolute Gasteiger partial charge is 0.226 e. The summed E-state index contributed by atoms with van der Waals surface area (Å²) in [7, 11) is 0. The van der Waals surface area contributed by atoms with Gasteiger partial charge in [0.2, 0.25) is 5.95 Å². The van der Waals surface area contributed by atoms with Gasteiger partial charge in [-0.05, 0) is 33.8 Å². The van der Waals surface area contributed by atoms with Gasteiger partial charge in [0.25, 0.3) is 0 Å². The quantitative estimate of drug-likeness (QED) is 0.622. The summed E-state index contributed by atoms with van der Waals surface area (Å²) in [4.78, 5) is 13.5. The summed E-state index contributed by atoms with van der Waals surface area (Å²) in [6.07, 6.45) is 0. The standard InChI is InChI=1S/C14H24N6/c1-10-9-11(12(15)16)18-13(17-10)19-5-7-20(8-6-19)14(2,3)4/h9H,5-8H2,1-4H3,(H3,15,16). The lowest BCUT2D eigenvalue weighted by Crippen LogP contribution is -2.53. The number of rotatable bonds is 2. The number of nitrogens with zero attached hydrogens (tertiary/aromatic N) is 4. The van der Waals surface area contributed by atoms with Crippen LogP contribution in [-0.2, 0) is 0 Å². The Bertz CT molecular complexity index is 497. The zero-order chi connectivity index (χ0) is 14.9. The summed E-state index contributed by atoms with van der Waals surface area (Å²) in [6.45, 7) is 12.4. The van der Waals surface area contributed by atoms with Crippen LogP contribution in [0.3, 0.4) is 0 Å². The summed E-state index contributed by atoms with van der Waals surface area (Å²) in [5.41, 5.74) is 7.08. The predicted molar refractivity (Wildman–Crippen MR) is 81.3 cm³/mol. The van der Waals surface area contributed by atoms with Crippen LogP contribution in [0.4, 0.5) is 5.95 Å². The largest absolute Gasteiger partial charge is 0.382 e. The second-order valence-electron chi connectivity index (χ2n) is 6.25. The molecule has 20 heavy (non-hydrogen) atoms. The van der Waals surface area contributed by atoms with E-state index in [9.17, 15) is 0 Å².